The maximum absolute atomic E-state index is 12.8. The minimum absolute atomic E-state index is 0.0146. The molecule has 1 aliphatic rings. The van der Waals surface area contributed by atoms with Crippen molar-refractivity contribution in [3.05, 3.63) is 35.9 Å². The predicted octanol–water partition coefficient (Wildman–Crippen LogP) is 3.03. The standard InChI is InChI=1S/C21H30N2O7/c1-21(2,3)29-19(25)22-17(12-16-10-11-27-13-16)18(24)23(4)30-20(26)28-14-15-8-6-5-7-9-15/h5-9,16-17H,10-14H2,1-4H3,(H,22,25)/t16?,17-/m0/s1. The molecule has 2 amide bonds. The molecule has 2 rings (SSSR count). The predicted molar refractivity (Wildman–Crippen MR) is 107 cm³/mol. The molecule has 30 heavy (non-hydrogen) atoms. The monoisotopic (exact) mass is 422 g/mol. The average Bonchev–Trinajstić information content (AvgIpc) is 3.17. The molecule has 0 spiro atoms. The smallest absolute Gasteiger partial charge is 0.444 e. The van der Waals surface area contributed by atoms with Crippen molar-refractivity contribution >= 4 is 18.2 Å². The van der Waals surface area contributed by atoms with E-state index < -0.39 is 29.8 Å². The van der Waals surface area contributed by atoms with E-state index in [9.17, 15) is 14.4 Å². The van der Waals surface area contributed by atoms with Gasteiger partial charge in [-0.3, -0.25) is 4.79 Å². The molecule has 166 valence electrons. The number of amides is 2. The molecule has 1 aromatic carbocycles. The number of likely N-dealkylation sites (N-methyl/N-ethyl adjacent to an activating group) is 1. The first kappa shape index (κ1) is 23.5. The molecular formula is C21H30N2O7. The molecule has 0 radical (unpaired) electrons. The molecule has 9 heteroatoms. The van der Waals surface area contributed by atoms with Gasteiger partial charge in [-0.1, -0.05) is 30.3 Å². The quantitative estimate of drug-likeness (QED) is 0.555. The second kappa shape index (κ2) is 10.8. The number of hydrogen-bond donors (Lipinski definition) is 1. The second-order valence-electron chi connectivity index (χ2n) is 8.12. The number of carbonyl (C=O) groups is 3. The van der Waals surface area contributed by atoms with Crippen molar-refractivity contribution in [3.63, 3.8) is 0 Å². The SMILES string of the molecule is CN(OC(=O)OCc1ccccc1)C(=O)[C@H](CC1CCOC1)NC(=O)OC(C)(C)C. The fourth-order valence-electron chi connectivity index (χ4n) is 2.89. The van der Waals surface area contributed by atoms with Gasteiger partial charge in [0.1, 0.15) is 18.2 Å². The Morgan fingerprint density at radius 1 is 1.23 bits per heavy atom. The Morgan fingerprint density at radius 2 is 1.93 bits per heavy atom. The number of alkyl carbamates (subject to hydrolysis) is 1. The van der Waals surface area contributed by atoms with Gasteiger partial charge in [-0.15, -0.1) is 0 Å². The lowest BCUT2D eigenvalue weighted by atomic mass is 9.98. The van der Waals surface area contributed by atoms with Crippen LogP contribution >= 0.6 is 0 Å². The number of nitrogens with one attached hydrogen (secondary N) is 1. The third-order valence-corrected chi connectivity index (χ3v) is 4.30. The number of nitrogens with zero attached hydrogens (tertiary/aromatic N) is 1. The zero-order valence-corrected chi connectivity index (χ0v) is 17.9. The van der Waals surface area contributed by atoms with Gasteiger partial charge in [-0.05, 0) is 45.1 Å². The van der Waals surface area contributed by atoms with Gasteiger partial charge in [-0.2, -0.15) is 5.06 Å². The molecule has 1 heterocycles. The van der Waals surface area contributed by atoms with E-state index in [1.165, 1.54) is 7.05 Å². The third-order valence-electron chi connectivity index (χ3n) is 4.30. The summed E-state index contributed by atoms with van der Waals surface area (Å²) in [5.41, 5.74) is 0.0757. The van der Waals surface area contributed by atoms with Crippen molar-refractivity contribution in [1.29, 1.82) is 0 Å². The molecule has 1 aliphatic heterocycles. The normalized spacial score (nSPS) is 17.0. The first-order valence-electron chi connectivity index (χ1n) is 9.87. The van der Waals surface area contributed by atoms with E-state index in [2.05, 4.69) is 5.32 Å². The Kier molecular flexibility index (Phi) is 8.46. The second-order valence-corrected chi connectivity index (χ2v) is 8.12. The van der Waals surface area contributed by atoms with Crippen LogP contribution in [0.3, 0.4) is 0 Å². The largest absolute Gasteiger partial charge is 0.533 e. The summed E-state index contributed by atoms with van der Waals surface area (Å²) >= 11 is 0. The zero-order valence-electron chi connectivity index (χ0n) is 17.9. The number of benzene rings is 1. The minimum Gasteiger partial charge on any atom is -0.444 e. The summed E-state index contributed by atoms with van der Waals surface area (Å²) in [5, 5.41) is 3.34. The van der Waals surface area contributed by atoms with E-state index in [1.807, 2.05) is 18.2 Å². The first-order valence-corrected chi connectivity index (χ1v) is 9.87. The van der Waals surface area contributed by atoms with E-state index in [4.69, 9.17) is 19.0 Å². The lowest BCUT2D eigenvalue weighted by Gasteiger charge is -2.26. The van der Waals surface area contributed by atoms with Gasteiger partial charge in [0, 0.05) is 20.3 Å². The highest BCUT2D eigenvalue weighted by Gasteiger charge is 2.32. The van der Waals surface area contributed by atoms with Crippen LogP contribution in [0.5, 0.6) is 0 Å². The van der Waals surface area contributed by atoms with Crippen LogP contribution in [0.15, 0.2) is 30.3 Å². The Bertz CT molecular complexity index is 712. The topological polar surface area (TPSA) is 103 Å². The average molecular weight is 422 g/mol. The van der Waals surface area contributed by atoms with E-state index in [1.54, 1.807) is 32.9 Å². The first-order chi connectivity index (χ1) is 14.1. The Labute approximate surface area is 176 Å². The lowest BCUT2D eigenvalue weighted by molar-refractivity contribution is -0.169. The molecule has 1 fully saturated rings. The molecule has 1 aromatic rings. The molecule has 0 aromatic heterocycles. The van der Waals surface area contributed by atoms with E-state index >= 15 is 0 Å². The molecule has 9 nitrogen and oxygen atoms in total. The van der Waals surface area contributed by atoms with Crippen LogP contribution in [0, 0.1) is 5.92 Å². The third kappa shape index (κ3) is 8.28. The highest BCUT2D eigenvalue weighted by atomic mass is 16.8. The molecule has 2 atom stereocenters. The van der Waals surface area contributed by atoms with E-state index in [0.29, 0.717) is 19.6 Å². The van der Waals surface area contributed by atoms with Crippen LogP contribution in [0.2, 0.25) is 0 Å². The van der Waals surface area contributed by atoms with Gasteiger partial charge in [0.2, 0.25) is 0 Å². The number of rotatable bonds is 6. The molecule has 1 unspecified atom stereocenters. The highest BCUT2D eigenvalue weighted by molar-refractivity contribution is 5.85. The Balaban J connectivity index is 1.92. The van der Waals surface area contributed by atoms with Gasteiger partial charge in [0.05, 0.1) is 0 Å². The van der Waals surface area contributed by atoms with Gasteiger partial charge >= 0.3 is 12.2 Å². The summed E-state index contributed by atoms with van der Waals surface area (Å²) in [7, 11) is 1.29. The van der Waals surface area contributed by atoms with Crippen molar-refractivity contribution in [3.8, 4) is 0 Å². The fourth-order valence-corrected chi connectivity index (χ4v) is 2.89. The molecule has 1 saturated heterocycles. The van der Waals surface area contributed by atoms with Gasteiger partial charge < -0.3 is 24.4 Å². The van der Waals surface area contributed by atoms with Crippen LogP contribution in [0.25, 0.3) is 0 Å². The summed E-state index contributed by atoms with van der Waals surface area (Å²) < 4.78 is 15.6. The Morgan fingerprint density at radius 3 is 2.53 bits per heavy atom. The number of ether oxygens (including phenoxy) is 3. The van der Waals surface area contributed by atoms with E-state index in [-0.39, 0.29) is 12.5 Å². The number of hydrogen-bond acceptors (Lipinski definition) is 7. The number of carbonyl (C=O) groups excluding carboxylic acids is 3. The minimum atomic E-state index is -1.02. The lowest BCUT2D eigenvalue weighted by Crippen LogP contribution is -2.50. The summed E-state index contributed by atoms with van der Waals surface area (Å²) in [5.74, 6) is -0.489. The molecular weight excluding hydrogens is 392 g/mol. The van der Waals surface area contributed by atoms with Crippen LogP contribution in [-0.4, -0.2) is 55.1 Å². The summed E-state index contributed by atoms with van der Waals surface area (Å²) in [6, 6.07) is 8.15. The molecule has 0 saturated carbocycles. The molecule has 0 aliphatic carbocycles. The van der Waals surface area contributed by atoms with Crippen LogP contribution in [0.4, 0.5) is 9.59 Å². The fraction of sp³-hybridized carbons (Fsp3) is 0.571. The summed E-state index contributed by atoms with van der Waals surface area (Å²) in [6.07, 6.45) is -0.622. The van der Waals surface area contributed by atoms with Gasteiger partial charge in [0.25, 0.3) is 5.91 Å². The Hall–Kier alpha value is -2.81. The van der Waals surface area contributed by atoms with Crippen molar-refractivity contribution in [2.24, 2.45) is 5.92 Å². The van der Waals surface area contributed by atoms with Gasteiger partial charge in [0.15, 0.2) is 0 Å². The van der Waals surface area contributed by atoms with Crippen LogP contribution in [-0.2, 0) is 30.4 Å². The van der Waals surface area contributed by atoms with Crippen molar-refractivity contribution in [2.45, 2.75) is 51.9 Å². The van der Waals surface area contributed by atoms with Crippen LogP contribution < -0.4 is 5.32 Å². The molecule has 1 N–H and O–H groups in total. The summed E-state index contributed by atoms with van der Waals surface area (Å²) in [4.78, 5) is 41.9. The maximum Gasteiger partial charge on any atom is 0.533 e. The zero-order chi connectivity index (χ0) is 22.1. The van der Waals surface area contributed by atoms with Crippen molar-refractivity contribution < 1.29 is 33.4 Å². The molecule has 0 bridgehead atoms. The van der Waals surface area contributed by atoms with Gasteiger partial charge in [-0.25, -0.2) is 9.59 Å². The summed E-state index contributed by atoms with van der Waals surface area (Å²) in [6.45, 7) is 6.31. The van der Waals surface area contributed by atoms with Crippen LogP contribution in [0.1, 0.15) is 39.2 Å². The number of hydroxylamine groups is 2. The maximum atomic E-state index is 12.8. The van der Waals surface area contributed by atoms with Crippen molar-refractivity contribution in [1.82, 2.24) is 10.4 Å². The van der Waals surface area contributed by atoms with Crippen molar-refractivity contribution in [2.75, 3.05) is 20.3 Å². The highest BCUT2D eigenvalue weighted by Crippen LogP contribution is 2.20. The van der Waals surface area contributed by atoms with E-state index in [0.717, 1.165) is 17.0 Å².